The fourth-order valence-corrected chi connectivity index (χ4v) is 7.39. The van der Waals surface area contributed by atoms with E-state index in [1.165, 1.54) is 57.4 Å². The van der Waals surface area contributed by atoms with Gasteiger partial charge in [0.1, 0.15) is 0 Å². The Balaban J connectivity index is 0.967. The van der Waals surface area contributed by atoms with Crippen molar-refractivity contribution in [3.8, 4) is 0 Å². The van der Waals surface area contributed by atoms with E-state index >= 15 is 0 Å². The van der Waals surface area contributed by atoms with Gasteiger partial charge < -0.3 is 11.5 Å². The number of benzene rings is 3. The lowest BCUT2D eigenvalue weighted by Gasteiger charge is -2.25. The minimum Gasteiger partial charge on any atom is -0.397 e. The molecule has 0 spiro atoms. The van der Waals surface area contributed by atoms with Crippen LogP contribution in [0, 0.1) is 0 Å². The van der Waals surface area contributed by atoms with Gasteiger partial charge in [0.15, 0.2) is 0 Å². The Morgan fingerprint density at radius 1 is 0.617 bits per heavy atom. The highest BCUT2D eigenvalue weighted by Crippen LogP contribution is 2.39. The maximum Gasteiger partial charge on any atom is 0.0627 e. The molecule has 0 fully saturated rings. The lowest BCUT2D eigenvalue weighted by molar-refractivity contribution is 0.899. The largest absolute Gasteiger partial charge is 0.397 e. The Hall–Kier alpha value is -4.82. The molecule has 4 N–H and O–H groups in total. The molecule has 0 saturated heterocycles. The Morgan fingerprint density at radius 3 is 2.04 bits per heavy atom. The number of hydrogen-bond acceptors (Lipinski definition) is 2. The lowest BCUT2D eigenvalue weighted by atomic mass is 9.79. The zero-order chi connectivity index (χ0) is 32.0. The molecule has 3 aromatic rings. The molecule has 0 aromatic heterocycles. The predicted octanol–water partition coefficient (Wildman–Crippen LogP) is 11.1. The van der Waals surface area contributed by atoms with Gasteiger partial charge in [-0.25, -0.2) is 0 Å². The molecule has 2 nitrogen and oxygen atoms in total. The molecule has 0 unspecified atom stereocenters. The normalized spacial score (nSPS) is 17.1. The summed E-state index contributed by atoms with van der Waals surface area (Å²) in [6.07, 6.45) is 41.5. The fraction of sp³-hybridized carbons (Fsp3) is 0.244. The second-order valence-electron chi connectivity index (χ2n) is 13.3. The number of fused-ring (bicyclic) bond motifs is 3. The second kappa shape index (κ2) is 14.3. The third kappa shape index (κ3) is 7.13. The van der Waals surface area contributed by atoms with Crippen molar-refractivity contribution in [3.05, 3.63) is 158 Å². The standard InChI is InChI=1S/C45H46N2/c46-44-37(15-8-12-32-20-22-35(23-21-32)30-34-10-2-1-3-11-34)28-29-38(45(44)47)16-9-13-33-24-26-36(27-25-33)43-31-39-14-4-5-17-40(39)41-18-6-7-19-42(41)43/h2,4,7-11,14-16,19-24,26,28-29,31H,1,3,5-6,12-13,17-18,25,27,30,46-47H2/b15-8-,16-9-. The first-order chi connectivity index (χ1) is 23.1. The average molecular weight is 615 g/mol. The molecule has 0 atom stereocenters. The van der Waals surface area contributed by atoms with Gasteiger partial charge in [-0.15, -0.1) is 0 Å². The summed E-state index contributed by atoms with van der Waals surface area (Å²) in [6.45, 7) is 0. The predicted molar refractivity (Wildman–Crippen MR) is 205 cm³/mol. The summed E-state index contributed by atoms with van der Waals surface area (Å²) >= 11 is 0. The molecular weight excluding hydrogens is 569 g/mol. The molecule has 47 heavy (non-hydrogen) atoms. The van der Waals surface area contributed by atoms with Gasteiger partial charge >= 0.3 is 0 Å². The van der Waals surface area contributed by atoms with Crippen molar-refractivity contribution in [2.45, 2.75) is 70.6 Å². The minimum atomic E-state index is 0.647. The number of nitrogen functional groups attached to an aromatic ring is 2. The minimum absolute atomic E-state index is 0.647. The molecule has 0 aliphatic heterocycles. The van der Waals surface area contributed by atoms with Crippen LogP contribution in [0.4, 0.5) is 11.4 Å². The van der Waals surface area contributed by atoms with Crippen molar-refractivity contribution in [2.75, 3.05) is 11.5 Å². The third-order valence-electron chi connectivity index (χ3n) is 10.1. The second-order valence-corrected chi connectivity index (χ2v) is 13.3. The number of nitrogens with two attached hydrogens (primary N) is 2. The molecular formula is C45H46N2. The maximum atomic E-state index is 6.51. The van der Waals surface area contributed by atoms with E-state index in [2.05, 4.69) is 121 Å². The lowest BCUT2D eigenvalue weighted by Crippen LogP contribution is -2.09. The molecule has 0 bridgehead atoms. The van der Waals surface area contributed by atoms with Crippen LogP contribution in [0.5, 0.6) is 0 Å². The van der Waals surface area contributed by atoms with Crippen molar-refractivity contribution in [1.82, 2.24) is 0 Å². The number of allylic oxidation sites excluding steroid dienone is 12. The van der Waals surface area contributed by atoms with Crippen LogP contribution in [0.25, 0.3) is 29.9 Å². The van der Waals surface area contributed by atoms with Crippen molar-refractivity contribution < 1.29 is 0 Å². The average Bonchev–Trinajstić information content (AvgIpc) is 3.12. The third-order valence-corrected chi connectivity index (χ3v) is 10.1. The molecule has 2 heteroatoms. The summed E-state index contributed by atoms with van der Waals surface area (Å²) in [5.74, 6) is 0. The highest BCUT2D eigenvalue weighted by Gasteiger charge is 2.21. The van der Waals surface area contributed by atoms with E-state index in [9.17, 15) is 0 Å². The molecule has 0 heterocycles. The zero-order valence-electron chi connectivity index (χ0n) is 27.5. The molecule has 0 amide bonds. The van der Waals surface area contributed by atoms with E-state index in [1.54, 1.807) is 11.1 Å². The number of anilines is 2. The van der Waals surface area contributed by atoms with E-state index < -0.39 is 0 Å². The number of hydrogen-bond donors (Lipinski definition) is 2. The van der Waals surface area contributed by atoms with Crippen LogP contribution in [0.15, 0.2) is 108 Å². The monoisotopic (exact) mass is 614 g/mol. The van der Waals surface area contributed by atoms with Crippen molar-refractivity contribution in [3.63, 3.8) is 0 Å². The summed E-state index contributed by atoms with van der Waals surface area (Å²) < 4.78 is 0. The SMILES string of the molecule is Nc1c(/C=C\CC2=CC=C(c3cc4c(c5c3C=CCC5)CCC=C4)CC2)ccc(/C=C\Cc2ccc(CC3=CCCC=C3)cc2)c1N. The van der Waals surface area contributed by atoms with Gasteiger partial charge in [0.2, 0.25) is 0 Å². The van der Waals surface area contributed by atoms with E-state index in [1.807, 2.05) is 0 Å². The smallest absolute Gasteiger partial charge is 0.0627 e. The fourth-order valence-electron chi connectivity index (χ4n) is 7.39. The van der Waals surface area contributed by atoms with Gasteiger partial charge in [-0.1, -0.05) is 121 Å². The quantitative estimate of drug-likeness (QED) is 0.236. The Morgan fingerprint density at radius 2 is 1.32 bits per heavy atom. The summed E-state index contributed by atoms with van der Waals surface area (Å²) in [6, 6.07) is 15.6. The van der Waals surface area contributed by atoms with Crippen molar-refractivity contribution >= 4 is 41.3 Å². The highest BCUT2D eigenvalue weighted by molar-refractivity contribution is 5.84. The Kier molecular flexibility index (Phi) is 9.38. The van der Waals surface area contributed by atoms with E-state index in [4.69, 9.17) is 11.5 Å². The Bertz CT molecular complexity index is 1900. The molecule has 0 radical (unpaired) electrons. The van der Waals surface area contributed by atoms with E-state index in [0.29, 0.717) is 11.4 Å². The summed E-state index contributed by atoms with van der Waals surface area (Å²) in [7, 11) is 0. The van der Waals surface area contributed by atoms with Crippen molar-refractivity contribution in [1.29, 1.82) is 0 Å². The van der Waals surface area contributed by atoms with Gasteiger partial charge in [0.05, 0.1) is 11.4 Å². The molecule has 236 valence electrons. The first kappa shape index (κ1) is 30.8. The Labute approximate surface area is 281 Å². The van der Waals surface area contributed by atoms with Gasteiger partial charge in [-0.3, -0.25) is 0 Å². The van der Waals surface area contributed by atoms with Crippen LogP contribution in [-0.2, 0) is 25.7 Å². The van der Waals surface area contributed by atoms with Crippen LogP contribution in [0.1, 0.15) is 95.0 Å². The molecule has 0 saturated carbocycles. The summed E-state index contributed by atoms with van der Waals surface area (Å²) in [5, 5.41) is 0. The van der Waals surface area contributed by atoms with E-state index in [-0.39, 0.29) is 0 Å². The van der Waals surface area contributed by atoms with Crippen LogP contribution in [0.2, 0.25) is 0 Å². The van der Waals surface area contributed by atoms with Gasteiger partial charge in [0.25, 0.3) is 0 Å². The van der Waals surface area contributed by atoms with Crippen LogP contribution in [-0.4, -0.2) is 0 Å². The van der Waals surface area contributed by atoms with Crippen LogP contribution < -0.4 is 11.5 Å². The van der Waals surface area contributed by atoms with E-state index in [0.717, 1.165) is 68.9 Å². The topological polar surface area (TPSA) is 52.0 Å². The van der Waals surface area contributed by atoms with Gasteiger partial charge in [-0.2, -0.15) is 0 Å². The molecule has 7 rings (SSSR count). The summed E-state index contributed by atoms with van der Waals surface area (Å²) in [5.41, 5.74) is 30.7. The van der Waals surface area contributed by atoms with Gasteiger partial charge in [-0.05, 0) is 138 Å². The van der Waals surface area contributed by atoms with Gasteiger partial charge in [0, 0.05) is 0 Å². The molecule has 4 aliphatic carbocycles. The first-order valence-electron chi connectivity index (χ1n) is 17.5. The van der Waals surface area contributed by atoms with Crippen LogP contribution in [0.3, 0.4) is 0 Å². The number of rotatable bonds is 9. The molecule has 3 aromatic carbocycles. The van der Waals surface area contributed by atoms with Crippen molar-refractivity contribution in [2.24, 2.45) is 0 Å². The van der Waals surface area contributed by atoms with Crippen LogP contribution >= 0.6 is 0 Å². The maximum absolute atomic E-state index is 6.51. The summed E-state index contributed by atoms with van der Waals surface area (Å²) in [4.78, 5) is 0. The molecule has 4 aliphatic rings. The first-order valence-corrected chi connectivity index (χ1v) is 17.5. The zero-order valence-corrected chi connectivity index (χ0v) is 27.5. The highest BCUT2D eigenvalue weighted by atomic mass is 14.7.